The number of amides is 1. The summed E-state index contributed by atoms with van der Waals surface area (Å²) in [7, 11) is 0. The molecular formula is C26H24FN3O2S. The molecule has 7 heteroatoms. The lowest BCUT2D eigenvalue weighted by Crippen LogP contribution is -2.25. The minimum absolute atomic E-state index is 0.103. The van der Waals surface area contributed by atoms with Gasteiger partial charge in [0, 0.05) is 5.69 Å². The smallest absolute Gasteiger partial charge is 0.262 e. The van der Waals surface area contributed by atoms with Crippen LogP contribution in [0.15, 0.2) is 76.7 Å². The molecule has 0 atom stereocenters. The predicted molar refractivity (Wildman–Crippen MR) is 131 cm³/mol. The van der Waals surface area contributed by atoms with Crippen LogP contribution in [0.1, 0.15) is 23.6 Å². The fourth-order valence-electron chi connectivity index (χ4n) is 3.68. The predicted octanol–water partition coefficient (Wildman–Crippen LogP) is 5.19. The van der Waals surface area contributed by atoms with Gasteiger partial charge in [-0.2, -0.15) is 0 Å². The van der Waals surface area contributed by atoms with E-state index in [0.717, 1.165) is 28.8 Å². The van der Waals surface area contributed by atoms with Gasteiger partial charge in [0.25, 0.3) is 5.56 Å². The van der Waals surface area contributed by atoms with Crippen molar-refractivity contribution in [3.05, 3.63) is 99.6 Å². The highest BCUT2D eigenvalue weighted by molar-refractivity contribution is 7.99. The van der Waals surface area contributed by atoms with E-state index in [2.05, 4.69) is 10.3 Å². The summed E-state index contributed by atoms with van der Waals surface area (Å²) in [6, 6.07) is 19.1. The van der Waals surface area contributed by atoms with E-state index in [4.69, 9.17) is 0 Å². The molecule has 0 fully saturated rings. The molecule has 33 heavy (non-hydrogen) atoms. The molecule has 0 saturated heterocycles. The van der Waals surface area contributed by atoms with E-state index < -0.39 is 0 Å². The second-order valence-corrected chi connectivity index (χ2v) is 8.67. The Kier molecular flexibility index (Phi) is 6.89. The lowest BCUT2D eigenvalue weighted by Gasteiger charge is -2.15. The van der Waals surface area contributed by atoms with Crippen molar-refractivity contribution in [1.29, 1.82) is 0 Å². The molecule has 0 aliphatic carbocycles. The Bertz CT molecular complexity index is 1370. The van der Waals surface area contributed by atoms with Crippen molar-refractivity contribution in [2.75, 3.05) is 11.1 Å². The Labute approximate surface area is 195 Å². The Balaban J connectivity index is 1.62. The highest BCUT2D eigenvalue weighted by atomic mass is 32.2. The zero-order chi connectivity index (χ0) is 23.4. The third-order valence-corrected chi connectivity index (χ3v) is 6.39. The van der Waals surface area contributed by atoms with E-state index in [-0.39, 0.29) is 29.6 Å². The van der Waals surface area contributed by atoms with E-state index in [0.29, 0.717) is 16.1 Å². The summed E-state index contributed by atoms with van der Waals surface area (Å²) in [6.45, 7) is 4.25. The molecule has 1 amide bonds. The van der Waals surface area contributed by atoms with Gasteiger partial charge in [0.1, 0.15) is 5.82 Å². The lowest BCUT2D eigenvalue weighted by molar-refractivity contribution is -0.113. The normalized spacial score (nSPS) is 11.0. The van der Waals surface area contributed by atoms with Crippen molar-refractivity contribution in [3.8, 4) is 0 Å². The number of aromatic nitrogens is 2. The van der Waals surface area contributed by atoms with Crippen LogP contribution in [0, 0.1) is 12.7 Å². The van der Waals surface area contributed by atoms with Gasteiger partial charge < -0.3 is 5.32 Å². The summed E-state index contributed by atoms with van der Waals surface area (Å²) in [4.78, 5) is 30.6. The monoisotopic (exact) mass is 461 g/mol. The summed E-state index contributed by atoms with van der Waals surface area (Å²) in [5, 5.41) is 3.95. The molecule has 0 unspecified atom stereocenters. The van der Waals surface area contributed by atoms with Crippen LogP contribution in [-0.2, 0) is 17.8 Å². The van der Waals surface area contributed by atoms with Crippen LogP contribution in [0.5, 0.6) is 0 Å². The highest BCUT2D eigenvalue weighted by Crippen LogP contribution is 2.23. The second-order valence-electron chi connectivity index (χ2n) is 7.73. The summed E-state index contributed by atoms with van der Waals surface area (Å²) >= 11 is 1.21. The Morgan fingerprint density at radius 2 is 1.82 bits per heavy atom. The van der Waals surface area contributed by atoms with Crippen molar-refractivity contribution in [3.63, 3.8) is 0 Å². The van der Waals surface area contributed by atoms with Crippen molar-refractivity contribution < 1.29 is 9.18 Å². The highest BCUT2D eigenvalue weighted by Gasteiger charge is 2.15. The largest absolute Gasteiger partial charge is 0.325 e. The zero-order valence-corrected chi connectivity index (χ0v) is 19.3. The number of halogens is 1. The number of benzene rings is 3. The third kappa shape index (κ3) is 5.14. The molecule has 0 radical (unpaired) electrons. The van der Waals surface area contributed by atoms with Gasteiger partial charge in [-0.25, -0.2) is 9.37 Å². The Hall–Kier alpha value is -3.45. The van der Waals surface area contributed by atoms with Crippen LogP contribution in [0.25, 0.3) is 10.9 Å². The van der Waals surface area contributed by atoms with Crippen molar-refractivity contribution in [2.45, 2.75) is 32.0 Å². The molecule has 1 N–H and O–H groups in total. The zero-order valence-electron chi connectivity index (χ0n) is 18.5. The molecular weight excluding hydrogens is 437 g/mol. The fourth-order valence-corrected chi connectivity index (χ4v) is 4.48. The topological polar surface area (TPSA) is 64.0 Å². The average molecular weight is 462 g/mol. The Morgan fingerprint density at radius 1 is 1.06 bits per heavy atom. The molecule has 4 aromatic rings. The van der Waals surface area contributed by atoms with E-state index in [1.54, 1.807) is 34.9 Å². The van der Waals surface area contributed by atoms with Crippen LogP contribution in [0.4, 0.5) is 10.1 Å². The summed E-state index contributed by atoms with van der Waals surface area (Å²) in [5.74, 6) is -0.400. The van der Waals surface area contributed by atoms with Crippen molar-refractivity contribution >= 4 is 34.3 Å². The standard InChI is InChI=1S/C26H24FN3O2S/c1-3-19-8-6-7-17(2)24(19)29-23(31)16-33-26-28-22-10-5-4-9-21(22)25(32)30(26)15-18-11-13-20(27)14-12-18/h4-14H,3,15-16H2,1-2H3,(H,29,31). The number of aryl methyl sites for hydroxylation is 2. The van der Waals surface area contributed by atoms with Crippen LogP contribution < -0.4 is 10.9 Å². The quantitative estimate of drug-likeness (QED) is 0.304. The number of carbonyl (C=O) groups excluding carboxylic acids is 1. The molecule has 5 nitrogen and oxygen atoms in total. The number of hydrogen-bond donors (Lipinski definition) is 1. The first-order chi connectivity index (χ1) is 16.0. The Morgan fingerprint density at radius 3 is 2.58 bits per heavy atom. The number of nitrogens with zero attached hydrogens (tertiary/aromatic N) is 2. The third-order valence-electron chi connectivity index (χ3n) is 5.42. The number of anilines is 1. The van der Waals surface area contributed by atoms with Gasteiger partial charge in [-0.1, -0.05) is 61.2 Å². The molecule has 0 aliphatic heterocycles. The molecule has 0 saturated carbocycles. The van der Waals surface area contributed by atoms with Gasteiger partial charge in [-0.3, -0.25) is 14.2 Å². The SMILES string of the molecule is CCc1cccc(C)c1NC(=O)CSc1nc2ccccc2c(=O)n1Cc1ccc(F)cc1. The van der Waals surface area contributed by atoms with Crippen LogP contribution in [0.2, 0.25) is 0 Å². The number of rotatable bonds is 7. The maximum atomic E-state index is 13.3. The van der Waals surface area contributed by atoms with E-state index in [1.165, 1.54) is 23.9 Å². The van der Waals surface area contributed by atoms with Gasteiger partial charge >= 0.3 is 0 Å². The summed E-state index contributed by atoms with van der Waals surface area (Å²) in [5.41, 5.74) is 4.07. The average Bonchev–Trinajstić information content (AvgIpc) is 2.82. The maximum Gasteiger partial charge on any atom is 0.262 e. The number of hydrogen-bond acceptors (Lipinski definition) is 4. The van der Waals surface area contributed by atoms with Crippen LogP contribution >= 0.6 is 11.8 Å². The molecule has 4 rings (SSSR count). The number of carbonyl (C=O) groups is 1. The molecule has 0 spiro atoms. The molecule has 1 aromatic heterocycles. The van der Waals surface area contributed by atoms with Crippen LogP contribution in [-0.4, -0.2) is 21.2 Å². The number of nitrogens with one attached hydrogen (secondary N) is 1. The van der Waals surface area contributed by atoms with Gasteiger partial charge in [0.05, 0.1) is 23.2 Å². The number of thioether (sulfide) groups is 1. The molecule has 1 heterocycles. The first kappa shape index (κ1) is 22.7. The van der Waals surface area contributed by atoms with E-state index in [1.807, 2.05) is 38.1 Å². The second kappa shape index (κ2) is 10.0. The lowest BCUT2D eigenvalue weighted by atomic mass is 10.1. The van der Waals surface area contributed by atoms with E-state index in [9.17, 15) is 14.0 Å². The van der Waals surface area contributed by atoms with E-state index >= 15 is 0 Å². The summed E-state index contributed by atoms with van der Waals surface area (Å²) < 4.78 is 14.9. The fraction of sp³-hybridized carbons (Fsp3) is 0.192. The van der Waals surface area contributed by atoms with Crippen molar-refractivity contribution in [1.82, 2.24) is 9.55 Å². The van der Waals surface area contributed by atoms with Crippen LogP contribution in [0.3, 0.4) is 0 Å². The van der Waals surface area contributed by atoms with Crippen molar-refractivity contribution in [2.24, 2.45) is 0 Å². The number of para-hydroxylation sites is 2. The van der Waals surface area contributed by atoms with Gasteiger partial charge in [0.15, 0.2) is 5.16 Å². The van der Waals surface area contributed by atoms with Gasteiger partial charge in [0.2, 0.25) is 5.91 Å². The first-order valence-corrected chi connectivity index (χ1v) is 11.7. The van der Waals surface area contributed by atoms with Gasteiger partial charge in [-0.05, 0) is 54.3 Å². The minimum atomic E-state index is -0.336. The molecule has 168 valence electrons. The summed E-state index contributed by atoms with van der Waals surface area (Å²) in [6.07, 6.45) is 0.813. The minimum Gasteiger partial charge on any atom is -0.325 e. The molecule has 0 bridgehead atoms. The first-order valence-electron chi connectivity index (χ1n) is 10.7. The maximum absolute atomic E-state index is 13.3. The van der Waals surface area contributed by atoms with Gasteiger partial charge in [-0.15, -0.1) is 0 Å². The number of fused-ring (bicyclic) bond motifs is 1. The molecule has 3 aromatic carbocycles. The molecule has 0 aliphatic rings.